The zero-order valence-corrected chi connectivity index (χ0v) is 33.3. The number of aryl methyl sites for hydroxylation is 1. The molecule has 1 aliphatic heterocycles. The van der Waals surface area contributed by atoms with E-state index in [-0.39, 0.29) is 25.1 Å². The summed E-state index contributed by atoms with van der Waals surface area (Å²) in [6.45, 7) is 9.52. The lowest BCUT2D eigenvalue weighted by molar-refractivity contribution is -0.141. The molecular formula is C42H49N7O7S. The average molecular weight is 796 g/mol. The molecule has 0 bridgehead atoms. The number of nitrogens with zero attached hydrogens (tertiary/aromatic N) is 4. The summed E-state index contributed by atoms with van der Waals surface area (Å²) in [5.74, 6) is -2.71. The van der Waals surface area contributed by atoms with E-state index in [1.165, 1.54) is 17.3 Å². The Morgan fingerprint density at radius 3 is 2.37 bits per heavy atom. The lowest BCUT2D eigenvalue weighted by atomic mass is 10.0. The third-order valence-electron chi connectivity index (χ3n) is 11.2. The van der Waals surface area contributed by atoms with Crippen LogP contribution in [0.1, 0.15) is 87.8 Å². The van der Waals surface area contributed by atoms with E-state index in [4.69, 9.17) is 9.72 Å². The molecule has 300 valence electrons. The summed E-state index contributed by atoms with van der Waals surface area (Å²) in [6.07, 6.45) is 6.91. The summed E-state index contributed by atoms with van der Waals surface area (Å²) in [6, 6.07) is 13.3. The number of hydrogen-bond donors (Lipinski definition) is 3. The molecule has 0 unspecified atom stereocenters. The highest BCUT2D eigenvalue weighted by atomic mass is 32.2. The molecule has 3 heterocycles. The Kier molecular flexibility index (Phi) is 11.3. The lowest BCUT2D eigenvalue weighted by Gasteiger charge is -2.30. The number of aromatic nitrogens is 3. The molecule has 3 N–H and O–H groups in total. The number of fused-ring (bicyclic) bond motifs is 3. The molecule has 14 nitrogen and oxygen atoms in total. The maximum atomic E-state index is 14.7. The number of sulfonamides is 1. The fraction of sp³-hybridized carbons (Fsp3) is 0.452. The van der Waals surface area contributed by atoms with Crippen molar-refractivity contribution in [1.29, 1.82) is 0 Å². The highest BCUT2D eigenvalue weighted by Crippen LogP contribution is 2.49. The Morgan fingerprint density at radius 2 is 1.70 bits per heavy atom. The maximum absolute atomic E-state index is 14.7. The number of hydrogen-bond acceptors (Lipinski definition) is 10. The number of carbonyl (C=O) groups excluding carboxylic acids is 4. The first-order chi connectivity index (χ1) is 27.3. The van der Waals surface area contributed by atoms with E-state index in [1.54, 1.807) is 13.8 Å². The zero-order chi connectivity index (χ0) is 40.5. The third-order valence-corrected chi connectivity index (χ3v) is 13.0. The molecule has 2 aromatic heterocycles. The van der Waals surface area contributed by atoms with Gasteiger partial charge in [0.1, 0.15) is 29.4 Å². The molecule has 4 amide bonds. The molecule has 1 saturated heterocycles. The lowest BCUT2D eigenvalue weighted by Crippen LogP contribution is -2.58. The highest BCUT2D eigenvalue weighted by Gasteiger charge is 2.63. The smallest absolute Gasteiger partial charge is 0.272 e. The fourth-order valence-electron chi connectivity index (χ4n) is 7.76. The maximum Gasteiger partial charge on any atom is 0.272 e. The van der Waals surface area contributed by atoms with E-state index in [2.05, 4.69) is 38.8 Å². The van der Waals surface area contributed by atoms with Crippen molar-refractivity contribution >= 4 is 55.3 Å². The Balaban J connectivity index is 1.20. The SMILES string of the molecule is C=C(C)[C@@H]1C[C@]1(NC(=O)[C@@H]1C[C@@H](Oc2nc3ccccc3c3ccccc23)CN1C(=O)[C@H](CCCCCC)NC(=O)c1cnc(C)cn1)C(=O)NS(=O)(=O)C1CC1. The Morgan fingerprint density at radius 1 is 0.982 bits per heavy atom. The summed E-state index contributed by atoms with van der Waals surface area (Å²) in [5, 5.41) is 7.72. The van der Waals surface area contributed by atoms with E-state index in [0.717, 1.165) is 35.4 Å². The first-order valence-corrected chi connectivity index (χ1v) is 21.2. The van der Waals surface area contributed by atoms with Crippen LogP contribution in [0.3, 0.4) is 0 Å². The third kappa shape index (κ3) is 8.48. The topological polar surface area (TPSA) is 190 Å². The van der Waals surface area contributed by atoms with Gasteiger partial charge in [0.15, 0.2) is 0 Å². The molecule has 2 saturated carbocycles. The van der Waals surface area contributed by atoms with Gasteiger partial charge in [-0.1, -0.05) is 81.2 Å². The van der Waals surface area contributed by atoms with E-state index in [0.29, 0.717) is 48.3 Å². The van der Waals surface area contributed by atoms with Crippen LogP contribution in [-0.4, -0.2) is 87.4 Å². The number of likely N-dealkylation sites (tertiary alicyclic amines) is 1. The minimum Gasteiger partial charge on any atom is -0.472 e. The van der Waals surface area contributed by atoms with E-state index < -0.39 is 68.5 Å². The number of unbranched alkanes of at least 4 members (excludes halogenated alkanes) is 3. The first-order valence-electron chi connectivity index (χ1n) is 19.7. The second-order valence-corrected chi connectivity index (χ2v) is 17.6. The number of rotatable bonds is 16. The number of pyridine rings is 1. The minimum atomic E-state index is -3.92. The normalized spacial score (nSPS) is 22.2. The summed E-state index contributed by atoms with van der Waals surface area (Å²) in [7, 11) is -3.92. The van der Waals surface area contributed by atoms with Crippen molar-refractivity contribution < 1.29 is 32.3 Å². The molecule has 3 fully saturated rings. The van der Waals surface area contributed by atoms with Crippen molar-refractivity contribution in [2.45, 2.75) is 108 Å². The molecule has 57 heavy (non-hydrogen) atoms. The molecule has 2 aromatic carbocycles. The van der Waals surface area contributed by atoms with E-state index in [1.807, 2.05) is 48.5 Å². The number of nitrogens with one attached hydrogen (secondary N) is 3. The number of amides is 4. The van der Waals surface area contributed by atoms with Gasteiger partial charge in [-0.3, -0.25) is 28.9 Å². The van der Waals surface area contributed by atoms with Crippen LogP contribution in [0.15, 0.2) is 73.1 Å². The van der Waals surface area contributed by atoms with Crippen LogP contribution in [0.4, 0.5) is 0 Å². The van der Waals surface area contributed by atoms with Crippen molar-refractivity contribution in [3.8, 4) is 5.88 Å². The first kappa shape index (κ1) is 39.8. The average Bonchev–Trinajstić information content (AvgIpc) is 4.13. The van der Waals surface area contributed by atoms with Crippen LogP contribution in [0.5, 0.6) is 5.88 Å². The van der Waals surface area contributed by atoms with Gasteiger partial charge >= 0.3 is 0 Å². The quantitative estimate of drug-likeness (QED) is 0.0817. The van der Waals surface area contributed by atoms with Crippen LogP contribution < -0.4 is 20.1 Å². The van der Waals surface area contributed by atoms with Crippen molar-refractivity contribution in [3.05, 3.63) is 84.5 Å². The molecule has 5 atom stereocenters. The number of carbonyl (C=O) groups is 4. The van der Waals surface area contributed by atoms with Crippen molar-refractivity contribution in [3.63, 3.8) is 0 Å². The number of ether oxygens (including phenoxy) is 1. The summed E-state index contributed by atoms with van der Waals surface area (Å²) >= 11 is 0. The van der Waals surface area contributed by atoms with Gasteiger partial charge in [0.25, 0.3) is 11.8 Å². The molecule has 4 aromatic rings. The standard InChI is InChI=1S/C42H49N7O7S/c1-5-6-7-8-17-34(45-37(50)35-23-43-26(4)22-44-35)40(52)49-24-27(56-39-31-15-10-9-13-29(31)30-14-11-12-16-33(30)46-39)20-36(49)38(51)47-42(21-32(42)25(2)3)41(53)48-57(54,55)28-18-19-28/h9-16,22-23,27-28,32,34,36H,2,5-8,17-21,24H2,1,3-4H3,(H,45,50)(H,47,51)(H,48,53)/t27-,32+,34+,36+,42-/m1/s1. The van der Waals surface area contributed by atoms with Crippen molar-refractivity contribution in [2.75, 3.05) is 6.54 Å². The van der Waals surface area contributed by atoms with E-state index >= 15 is 0 Å². The summed E-state index contributed by atoms with van der Waals surface area (Å²) in [4.78, 5) is 71.1. The number of para-hydroxylation sites is 1. The molecule has 3 aliphatic rings. The zero-order valence-electron chi connectivity index (χ0n) is 32.5. The van der Waals surface area contributed by atoms with Crippen LogP contribution in [0.2, 0.25) is 0 Å². The largest absolute Gasteiger partial charge is 0.472 e. The molecule has 2 aliphatic carbocycles. The van der Waals surface area contributed by atoms with Crippen LogP contribution >= 0.6 is 0 Å². The van der Waals surface area contributed by atoms with Gasteiger partial charge in [-0.25, -0.2) is 18.4 Å². The van der Waals surface area contributed by atoms with Gasteiger partial charge in [-0.15, -0.1) is 0 Å². The minimum absolute atomic E-state index is 0.0232. The molecule has 15 heteroatoms. The van der Waals surface area contributed by atoms with Crippen LogP contribution in [0.25, 0.3) is 21.7 Å². The predicted octanol–water partition coefficient (Wildman–Crippen LogP) is 4.66. The van der Waals surface area contributed by atoms with Crippen molar-refractivity contribution in [1.82, 2.24) is 35.2 Å². The second-order valence-electron chi connectivity index (χ2n) is 15.6. The highest BCUT2D eigenvalue weighted by molar-refractivity contribution is 7.91. The molecule has 7 rings (SSSR count). The van der Waals surface area contributed by atoms with E-state index in [9.17, 15) is 27.6 Å². The number of benzene rings is 2. The fourth-order valence-corrected chi connectivity index (χ4v) is 9.12. The van der Waals surface area contributed by atoms with Gasteiger partial charge in [0.2, 0.25) is 27.7 Å². The molecular weight excluding hydrogens is 747 g/mol. The molecule has 0 spiro atoms. The van der Waals surface area contributed by atoms with Crippen LogP contribution in [-0.2, 0) is 24.4 Å². The van der Waals surface area contributed by atoms with Gasteiger partial charge < -0.3 is 20.3 Å². The second kappa shape index (κ2) is 16.2. The summed E-state index contributed by atoms with van der Waals surface area (Å²) in [5.41, 5.74) is 0.441. The summed E-state index contributed by atoms with van der Waals surface area (Å²) < 4.78 is 34.5. The van der Waals surface area contributed by atoms with Crippen LogP contribution in [0, 0.1) is 12.8 Å². The van der Waals surface area contributed by atoms with Gasteiger partial charge in [0.05, 0.1) is 29.2 Å². The van der Waals surface area contributed by atoms with Crippen molar-refractivity contribution in [2.24, 2.45) is 5.92 Å². The Hall–Kier alpha value is -5.44. The predicted molar refractivity (Wildman–Crippen MR) is 214 cm³/mol. The van der Waals surface area contributed by atoms with Gasteiger partial charge in [0, 0.05) is 29.3 Å². The monoisotopic (exact) mass is 795 g/mol. The molecule has 0 radical (unpaired) electrons. The van der Waals surface area contributed by atoms with Gasteiger partial charge in [-0.2, -0.15) is 0 Å². The van der Waals surface area contributed by atoms with Gasteiger partial charge in [-0.05, 0) is 57.0 Å². The Bertz CT molecular complexity index is 2330. The Labute approximate surface area is 332 Å².